The van der Waals surface area contributed by atoms with Gasteiger partial charge in [-0.3, -0.25) is 9.59 Å². The van der Waals surface area contributed by atoms with Crippen LogP contribution in [0.3, 0.4) is 0 Å². The highest BCUT2D eigenvalue weighted by molar-refractivity contribution is 7.98. The molecule has 1 rings (SSSR count). The van der Waals surface area contributed by atoms with Crippen LogP contribution in [0.5, 0.6) is 5.75 Å². The zero-order valence-corrected chi connectivity index (χ0v) is 5.49. The first-order valence-corrected chi connectivity index (χ1v) is 3.47. The van der Waals surface area contributed by atoms with E-state index in [0.717, 1.165) is 11.8 Å². The minimum Gasteiger partial charge on any atom is -0.503 e. The standard InChI is InChI=1S/C5H4O3S/c1-9-5-3(7)2(6)4(5)8/h7H,1H3. The maximum Gasteiger partial charge on any atom is 0.269 e. The number of hydrogen-bond acceptors (Lipinski definition) is 4. The summed E-state index contributed by atoms with van der Waals surface area (Å²) >= 11 is 1.09. The molecule has 0 radical (unpaired) electrons. The van der Waals surface area contributed by atoms with Gasteiger partial charge in [-0.25, -0.2) is 0 Å². The fraction of sp³-hybridized carbons (Fsp3) is 0.200. The Bertz CT molecular complexity index is 295. The highest BCUT2D eigenvalue weighted by atomic mass is 32.2. The van der Waals surface area contributed by atoms with Crippen molar-refractivity contribution in [3.05, 3.63) is 20.4 Å². The predicted octanol–water partition coefficient (Wildman–Crippen LogP) is -0.290. The van der Waals surface area contributed by atoms with Gasteiger partial charge in [-0.15, -0.1) is 11.8 Å². The molecular weight excluding hydrogens is 140 g/mol. The van der Waals surface area contributed by atoms with Crippen LogP contribution in [-0.4, -0.2) is 11.4 Å². The minimum atomic E-state index is -0.764. The Morgan fingerprint density at radius 1 is 1.33 bits per heavy atom. The van der Waals surface area contributed by atoms with Gasteiger partial charge >= 0.3 is 0 Å². The fourth-order valence-electron chi connectivity index (χ4n) is 0.548. The average molecular weight is 144 g/mol. The van der Waals surface area contributed by atoms with E-state index in [9.17, 15) is 9.59 Å². The van der Waals surface area contributed by atoms with E-state index in [-0.39, 0.29) is 10.6 Å². The Balaban J connectivity index is 3.25. The van der Waals surface area contributed by atoms with Crippen molar-refractivity contribution in [3.63, 3.8) is 0 Å². The van der Waals surface area contributed by atoms with E-state index in [1.807, 2.05) is 0 Å². The van der Waals surface area contributed by atoms with Gasteiger partial charge in [0.1, 0.15) is 4.90 Å². The van der Waals surface area contributed by atoms with E-state index in [2.05, 4.69) is 0 Å². The van der Waals surface area contributed by atoms with Crippen LogP contribution in [0.15, 0.2) is 14.5 Å². The maximum atomic E-state index is 10.4. The van der Waals surface area contributed by atoms with Crippen molar-refractivity contribution in [2.24, 2.45) is 0 Å². The van der Waals surface area contributed by atoms with Crippen LogP contribution in [0, 0.1) is 0 Å². The van der Waals surface area contributed by atoms with E-state index in [1.54, 1.807) is 6.26 Å². The summed E-state index contributed by atoms with van der Waals surface area (Å²) in [5.41, 5.74) is -1.33. The third-order valence-electron chi connectivity index (χ3n) is 1.05. The molecule has 9 heavy (non-hydrogen) atoms. The van der Waals surface area contributed by atoms with Crippen LogP contribution in [0.4, 0.5) is 0 Å². The molecule has 0 spiro atoms. The topological polar surface area (TPSA) is 54.4 Å². The van der Waals surface area contributed by atoms with Crippen molar-refractivity contribution in [3.8, 4) is 5.75 Å². The summed E-state index contributed by atoms with van der Waals surface area (Å²) in [5.74, 6) is -0.382. The van der Waals surface area contributed by atoms with E-state index < -0.39 is 10.9 Å². The molecule has 0 saturated heterocycles. The normalized spacial score (nSPS) is 10.3. The quantitative estimate of drug-likeness (QED) is 0.434. The van der Waals surface area contributed by atoms with Gasteiger partial charge < -0.3 is 5.11 Å². The van der Waals surface area contributed by atoms with Gasteiger partial charge in [0.15, 0.2) is 5.75 Å². The third-order valence-corrected chi connectivity index (χ3v) is 1.83. The molecule has 0 aliphatic heterocycles. The second-order valence-corrected chi connectivity index (χ2v) is 2.36. The second kappa shape index (κ2) is 1.88. The van der Waals surface area contributed by atoms with Crippen molar-refractivity contribution < 1.29 is 5.11 Å². The van der Waals surface area contributed by atoms with Crippen LogP contribution in [0.1, 0.15) is 0 Å². The molecular formula is C5H4O3S. The molecule has 1 aromatic rings. The Kier molecular flexibility index (Phi) is 1.32. The fourth-order valence-corrected chi connectivity index (χ4v) is 1.11. The monoisotopic (exact) mass is 144 g/mol. The van der Waals surface area contributed by atoms with Gasteiger partial charge in [0.05, 0.1) is 0 Å². The first-order chi connectivity index (χ1) is 4.18. The molecule has 0 aliphatic carbocycles. The van der Waals surface area contributed by atoms with Crippen molar-refractivity contribution >= 4 is 11.8 Å². The summed E-state index contributed by atoms with van der Waals surface area (Å²) in [6.07, 6.45) is 1.63. The Labute approximate surface area is 55.0 Å². The summed E-state index contributed by atoms with van der Waals surface area (Å²) in [5, 5.41) is 8.64. The third kappa shape index (κ3) is 0.666. The van der Waals surface area contributed by atoms with E-state index >= 15 is 0 Å². The molecule has 1 N–H and O–H groups in total. The van der Waals surface area contributed by atoms with Crippen LogP contribution < -0.4 is 10.9 Å². The van der Waals surface area contributed by atoms with Gasteiger partial charge in [-0.1, -0.05) is 0 Å². The molecule has 0 aromatic heterocycles. The highest BCUT2D eigenvalue weighted by Gasteiger charge is 2.17. The second-order valence-electron chi connectivity index (χ2n) is 1.54. The Hall–Kier alpha value is -0.770. The first kappa shape index (κ1) is 6.35. The number of rotatable bonds is 1. The molecule has 1 aromatic carbocycles. The maximum absolute atomic E-state index is 10.4. The van der Waals surface area contributed by atoms with Crippen molar-refractivity contribution in [2.75, 3.05) is 6.26 Å². The Morgan fingerprint density at radius 3 is 2.11 bits per heavy atom. The van der Waals surface area contributed by atoms with Crippen molar-refractivity contribution in [2.45, 2.75) is 4.90 Å². The Morgan fingerprint density at radius 2 is 1.89 bits per heavy atom. The van der Waals surface area contributed by atoms with Gasteiger partial charge in [0, 0.05) is 0 Å². The lowest BCUT2D eigenvalue weighted by Crippen LogP contribution is -2.31. The molecule has 48 valence electrons. The summed E-state index contributed by atoms with van der Waals surface area (Å²) < 4.78 is 0. The van der Waals surface area contributed by atoms with E-state index in [0.29, 0.717) is 0 Å². The van der Waals surface area contributed by atoms with E-state index in [4.69, 9.17) is 5.11 Å². The molecule has 0 unspecified atom stereocenters. The van der Waals surface area contributed by atoms with Crippen LogP contribution in [0.25, 0.3) is 0 Å². The molecule has 4 heteroatoms. The molecule has 0 fully saturated rings. The highest BCUT2D eigenvalue weighted by Crippen LogP contribution is 2.18. The van der Waals surface area contributed by atoms with E-state index in [1.165, 1.54) is 0 Å². The molecule has 0 aliphatic rings. The number of aromatic hydroxyl groups is 1. The smallest absolute Gasteiger partial charge is 0.269 e. The van der Waals surface area contributed by atoms with Crippen LogP contribution >= 0.6 is 11.8 Å². The summed E-state index contributed by atoms with van der Waals surface area (Å²) in [6.45, 7) is 0. The van der Waals surface area contributed by atoms with Gasteiger partial charge in [0.25, 0.3) is 5.43 Å². The largest absolute Gasteiger partial charge is 0.503 e. The number of hydrogen-bond donors (Lipinski definition) is 1. The van der Waals surface area contributed by atoms with Crippen LogP contribution in [-0.2, 0) is 0 Å². The zero-order chi connectivity index (χ0) is 7.02. The van der Waals surface area contributed by atoms with Gasteiger partial charge in [0.2, 0.25) is 5.43 Å². The lowest BCUT2D eigenvalue weighted by atomic mass is 10.3. The van der Waals surface area contributed by atoms with Crippen molar-refractivity contribution in [1.82, 2.24) is 0 Å². The molecule has 0 atom stereocenters. The van der Waals surface area contributed by atoms with Gasteiger partial charge in [-0.05, 0) is 6.26 Å². The van der Waals surface area contributed by atoms with Gasteiger partial charge in [-0.2, -0.15) is 0 Å². The SMILES string of the molecule is CSc1c(O)c(=O)c1=O. The zero-order valence-electron chi connectivity index (χ0n) is 4.67. The molecule has 0 saturated carbocycles. The minimum absolute atomic E-state index is 0.181. The summed E-state index contributed by atoms with van der Waals surface area (Å²) in [4.78, 5) is 20.9. The molecule has 3 nitrogen and oxygen atoms in total. The van der Waals surface area contributed by atoms with Crippen LogP contribution in [0.2, 0.25) is 0 Å². The molecule has 0 bridgehead atoms. The summed E-state index contributed by atoms with van der Waals surface area (Å²) in [6, 6.07) is 0. The number of thioether (sulfide) groups is 1. The molecule has 0 amide bonds. The predicted molar refractivity (Wildman–Crippen MR) is 34.8 cm³/mol. The molecule has 0 heterocycles. The summed E-state index contributed by atoms with van der Waals surface area (Å²) in [7, 11) is 0. The lowest BCUT2D eigenvalue weighted by Gasteiger charge is -1.98. The lowest BCUT2D eigenvalue weighted by molar-refractivity contribution is 0.446. The first-order valence-electron chi connectivity index (χ1n) is 2.24. The van der Waals surface area contributed by atoms with Crippen molar-refractivity contribution in [1.29, 1.82) is 0 Å². The average Bonchev–Trinajstić information content (AvgIpc) is 1.89.